The highest BCUT2D eigenvalue weighted by Crippen LogP contribution is 2.21. The van der Waals surface area contributed by atoms with Gasteiger partial charge in [-0.25, -0.2) is 0 Å². The molecule has 2 heteroatoms. The minimum atomic E-state index is 0.394. The first-order valence-corrected chi connectivity index (χ1v) is 5.54. The van der Waals surface area contributed by atoms with Crippen LogP contribution in [0.25, 0.3) is 0 Å². The van der Waals surface area contributed by atoms with Gasteiger partial charge in [0.05, 0.1) is 0 Å². The van der Waals surface area contributed by atoms with E-state index in [1.807, 2.05) is 0 Å². The van der Waals surface area contributed by atoms with Crippen LogP contribution in [0.2, 0.25) is 0 Å². The van der Waals surface area contributed by atoms with Crippen molar-refractivity contribution >= 4 is 0 Å². The Balaban J connectivity index is 2.48. The van der Waals surface area contributed by atoms with Crippen molar-refractivity contribution in [3.8, 4) is 0 Å². The van der Waals surface area contributed by atoms with Gasteiger partial charge in [-0.05, 0) is 27.2 Å². The molecule has 1 saturated heterocycles. The Morgan fingerprint density at radius 1 is 1.46 bits per heavy atom. The molecule has 0 saturated carbocycles. The molecule has 1 fully saturated rings. The van der Waals surface area contributed by atoms with Crippen molar-refractivity contribution in [1.82, 2.24) is 10.2 Å². The van der Waals surface area contributed by atoms with E-state index < -0.39 is 0 Å². The lowest BCUT2D eigenvalue weighted by Gasteiger charge is -2.43. The molecule has 1 aliphatic rings. The van der Waals surface area contributed by atoms with Crippen LogP contribution in [0.15, 0.2) is 0 Å². The first-order valence-electron chi connectivity index (χ1n) is 5.54. The van der Waals surface area contributed by atoms with Gasteiger partial charge in [0.15, 0.2) is 0 Å². The van der Waals surface area contributed by atoms with Gasteiger partial charge in [-0.3, -0.25) is 4.90 Å². The average molecular weight is 184 g/mol. The zero-order valence-corrected chi connectivity index (χ0v) is 9.56. The van der Waals surface area contributed by atoms with Gasteiger partial charge in [-0.2, -0.15) is 0 Å². The summed E-state index contributed by atoms with van der Waals surface area (Å²) in [5.41, 5.74) is 0.394. The Kier molecular flexibility index (Phi) is 3.74. The van der Waals surface area contributed by atoms with Crippen molar-refractivity contribution in [2.75, 3.05) is 19.6 Å². The molecule has 0 aromatic carbocycles. The molecule has 1 unspecified atom stereocenters. The Morgan fingerprint density at radius 3 is 2.69 bits per heavy atom. The van der Waals surface area contributed by atoms with Crippen molar-refractivity contribution in [2.45, 2.75) is 52.1 Å². The van der Waals surface area contributed by atoms with Crippen molar-refractivity contribution in [1.29, 1.82) is 0 Å². The van der Waals surface area contributed by atoms with Gasteiger partial charge in [0.1, 0.15) is 0 Å². The van der Waals surface area contributed by atoms with E-state index in [1.165, 1.54) is 25.9 Å². The van der Waals surface area contributed by atoms with Gasteiger partial charge in [0.25, 0.3) is 0 Å². The molecule has 0 amide bonds. The Hall–Kier alpha value is -0.0800. The fraction of sp³-hybridized carbons (Fsp3) is 1.00. The summed E-state index contributed by atoms with van der Waals surface area (Å²) in [5.74, 6) is 0. The Labute approximate surface area is 82.7 Å². The smallest absolute Gasteiger partial charge is 0.0167 e. The molecule has 0 radical (unpaired) electrons. The van der Waals surface area contributed by atoms with Gasteiger partial charge in [0, 0.05) is 31.2 Å². The summed E-state index contributed by atoms with van der Waals surface area (Å²) in [4.78, 5) is 2.62. The van der Waals surface area contributed by atoms with Crippen LogP contribution in [-0.4, -0.2) is 36.1 Å². The minimum Gasteiger partial charge on any atom is -0.312 e. The van der Waals surface area contributed by atoms with E-state index in [1.54, 1.807) is 0 Å². The summed E-state index contributed by atoms with van der Waals surface area (Å²) < 4.78 is 0. The van der Waals surface area contributed by atoms with Crippen LogP contribution in [0.5, 0.6) is 0 Å². The maximum Gasteiger partial charge on any atom is 0.0167 e. The molecule has 78 valence electrons. The number of piperazine rings is 1. The number of hydrogen-bond acceptors (Lipinski definition) is 2. The molecule has 1 rings (SSSR count). The summed E-state index contributed by atoms with van der Waals surface area (Å²) in [6.07, 6.45) is 2.59. The predicted molar refractivity (Wildman–Crippen MR) is 58.0 cm³/mol. The molecule has 0 spiro atoms. The van der Waals surface area contributed by atoms with Crippen LogP contribution in [0, 0.1) is 0 Å². The van der Waals surface area contributed by atoms with Crippen molar-refractivity contribution in [3.63, 3.8) is 0 Å². The lowest BCUT2D eigenvalue weighted by molar-refractivity contribution is 0.0783. The molecule has 13 heavy (non-hydrogen) atoms. The molecule has 0 bridgehead atoms. The highest BCUT2D eigenvalue weighted by molar-refractivity contribution is 4.86. The fourth-order valence-electron chi connectivity index (χ4n) is 2.25. The predicted octanol–water partition coefficient (Wildman–Crippen LogP) is 1.86. The van der Waals surface area contributed by atoms with Gasteiger partial charge in [-0.15, -0.1) is 0 Å². The molecule has 1 aliphatic heterocycles. The second-order valence-electron chi connectivity index (χ2n) is 4.86. The molecular formula is C11H24N2. The first-order chi connectivity index (χ1) is 6.06. The second-order valence-corrected chi connectivity index (χ2v) is 4.86. The maximum absolute atomic E-state index is 3.48. The lowest BCUT2D eigenvalue weighted by Crippen LogP contribution is -2.56. The summed E-state index contributed by atoms with van der Waals surface area (Å²) in [6.45, 7) is 12.8. The van der Waals surface area contributed by atoms with Crippen molar-refractivity contribution in [3.05, 3.63) is 0 Å². The zero-order valence-electron chi connectivity index (χ0n) is 9.56. The molecule has 1 N–H and O–H groups in total. The van der Waals surface area contributed by atoms with Crippen LogP contribution < -0.4 is 5.32 Å². The molecular weight excluding hydrogens is 160 g/mol. The van der Waals surface area contributed by atoms with Crippen LogP contribution >= 0.6 is 0 Å². The van der Waals surface area contributed by atoms with Crippen LogP contribution in [0.3, 0.4) is 0 Å². The zero-order chi connectivity index (χ0) is 9.90. The van der Waals surface area contributed by atoms with Gasteiger partial charge >= 0.3 is 0 Å². The minimum absolute atomic E-state index is 0.394. The molecule has 0 aromatic rings. The summed E-state index contributed by atoms with van der Waals surface area (Å²) in [7, 11) is 0. The van der Waals surface area contributed by atoms with E-state index in [0.717, 1.165) is 6.54 Å². The lowest BCUT2D eigenvalue weighted by atomic mass is 9.95. The highest BCUT2D eigenvalue weighted by Gasteiger charge is 2.28. The maximum atomic E-state index is 3.48. The van der Waals surface area contributed by atoms with Gasteiger partial charge < -0.3 is 5.32 Å². The van der Waals surface area contributed by atoms with Gasteiger partial charge in [0.2, 0.25) is 0 Å². The quantitative estimate of drug-likeness (QED) is 0.720. The third kappa shape index (κ3) is 2.96. The third-order valence-electron chi connectivity index (χ3n) is 3.09. The van der Waals surface area contributed by atoms with Crippen molar-refractivity contribution in [2.24, 2.45) is 0 Å². The topological polar surface area (TPSA) is 15.3 Å². The van der Waals surface area contributed by atoms with E-state index >= 15 is 0 Å². The summed E-state index contributed by atoms with van der Waals surface area (Å²) in [5, 5.41) is 3.48. The first kappa shape index (κ1) is 11.0. The van der Waals surface area contributed by atoms with E-state index in [0.29, 0.717) is 11.6 Å². The third-order valence-corrected chi connectivity index (χ3v) is 3.09. The second kappa shape index (κ2) is 4.43. The number of nitrogens with one attached hydrogen (secondary N) is 1. The number of hydrogen-bond donors (Lipinski definition) is 1. The standard InChI is InChI=1S/C11H24N2/c1-5-6-11(3,4)13-8-7-12-10(2)9-13/h10,12H,5-9H2,1-4H3. The van der Waals surface area contributed by atoms with Crippen LogP contribution in [-0.2, 0) is 0 Å². The highest BCUT2D eigenvalue weighted by atomic mass is 15.2. The van der Waals surface area contributed by atoms with Crippen molar-refractivity contribution < 1.29 is 0 Å². The fourth-order valence-corrected chi connectivity index (χ4v) is 2.25. The normalized spacial score (nSPS) is 26.3. The number of rotatable bonds is 3. The molecule has 1 atom stereocenters. The molecule has 1 heterocycles. The van der Waals surface area contributed by atoms with Gasteiger partial charge in [-0.1, -0.05) is 13.3 Å². The van der Waals surface area contributed by atoms with Crippen LogP contribution in [0.1, 0.15) is 40.5 Å². The van der Waals surface area contributed by atoms with E-state index in [9.17, 15) is 0 Å². The molecule has 0 aromatic heterocycles. The SMILES string of the molecule is CCCC(C)(C)N1CCNC(C)C1. The summed E-state index contributed by atoms with van der Waals surface area (Å²) in [6, 6.07) is 0.657. The Morgan fingerprint density at radius 2 is 2.15 bits per heavy atom. The van der Waals surface area contributed by atoms with Crippen LogP contribution in [0.4, 0.5) is 0 Å². The Bertz CT molecular complexity index is 154. The molecule has 0 aliphatic carbocycles. The monoisotopic (exact) mass is 184 g/mol. The molecule has 2 nitrogen and oxygen atoms in total. The van der Waals surface area contributed by atoms with E-state index in [-0.39, 0.29) is 0 Å². The number of nitrogens with zero attached hydrogens (tertiary/aromatic N) is 1. The van der Waals surface area contributed by atoms with E-state index in [4.69, 9.17) is 0 Å². The summed E-state index contributed by atoms with van der Waals surface area (Å²) >= 11 is 0. The largest absolute Gasteiger partial charge is 0.312 e. The average Bonchev–Trinajstić information content (AvgIpc) is 2.04. The van der Waals surface area contributed by atoms with E-state index in [2.05, 4.69) is 37.9 Å².